The van der Waals surface area contributed by atoms with E-state index in [1.165, 1.54) is 5.92 Å². The predicted octanol–water partition coefficient (Wildman–Crippen LogP) is 0.539. The fourth-order valence-corrected chi connectivity index (χ4v) is 0.565. The van der Waals surface area contributed by atoms with Gasteiger partial charge in [-0.25, -0.2) is 0 Å². The third-order valence-corrected chi connectivity index (χ3v) is 1.04. The van der Waals surface area contributed by atoms with Gasteiger partial charge in [-0.3, -0.25) is 0 Å². The molecule has 0 rings (SSSR count). The molecule has 0 aliphatic heterocycles. The van der Waals surface area contributed by atoms with Crippen molar-refractivity contribution in [3.63, 3.8) is 0 Å². The van der Waals surface area contributed by atoms with E-state index in [0.29, 0.717) is 0 Å². The van der Waals surface area contributed by atoms with Crippen molar-refractivity contribution in [3.05, 3.63) is 5.92 Å². The summed E-state index contributed by atoms with van der Waals surface area (Å²) in [7, 11) is 0. The summed E-state index contributed by atoms with van der Waals surface area (Å²) in [6, 6.07) is 0. The van der Waals surface area contributed by atoms with Crippen LogP contribution in [0.4, 0.5) is 0 Å². The summed E-state index contributed by atoms with van der Waals surface area (Å²) in [5.74, 6) is 1.42. The molecule has 0 aliphatic rings. The molecule has 0 saturated heterocycles. The minimum atomic E-state index is 0.787. The quantitative estimate of drug-likeness (QED) is 0.532. The van der Waals surface area contributed by atoms with E-state index in [1.54, 1.807) is 0 Å². The molecular weight excluding hydrogens is 112 g/mol. The second-order valence-electron chi connectivity index (χ2n) is 2.53. The second-order valence-corrected chi connectivity index (χ2v) is 2.53. The van der Waals surface area contributed by atoms with Crippen molar-refractivity contribution >= 4 is 0 Å². The Bertz CT molecular complexity index is 52.9. The maximum atomic E-state index is 5.30. The van der Waals surface area contributed by atoms with Crippen LogP contribution in [0.15, 0.2) is 0 Å². The van der Waals surface area contributed by atoms with Gasteiger partial charge in [-0.1, -0.05) is 13.8 Å². The lowest BCUT2D eigenvalue weighted by Crippen LogP contribution is -2.21. The van der Waals surface area contributed by atoms with Gasteiger partial charge in [0.05, 0.1) is 0 Å². The van der Waals surface area contributed by atoms with Crippen LogP contribution >= 0.6 is 0 Å². The molecular formula is C7H17N2. The smallest absolute Gasteiger partial charge is 0.000812 e. The summed E-state index contributed by atoms with van der Waals surface area (Å²) in [5, 5.41) is 3.27. The Labute approximate surface area is 57.8 Å². The molecule has 0 aromatic heterocycles. The molecule has 0 atom stereocenters. The molecule has 0 spiro atoms. The first-order valence-electron chi connectivity index (χ1n) is 3.47. The van der Waals surface area contributed by atoms with Gasteiger partial charge in [0, 0.05) is 6.54 Å². The van der Waals surface area contributed by atoms with E-state index in [2.05, 4.69) is 19.2 Å². The highest BCUT2D eigenvalue weighted by Crippen LogP contribution is 1.89. The Morgan fingerprint density at radius 2 is 2.11 bits per heavy atom. The molecule has 0 bridgehead atoms. The van der Waals surface area contributed by atoms with Crippen molar-refractivity contribution in [2.24, 2.45) is 5.73 Å². The molecule has 0 heterocycles. The first kappa shape index (κ1) is 8.92. The van der Waals surface area contributed by atoms with Crippen LogP contribution in [0.1, 0.15) is 20.3 Å². The van der Waals surface area contributed by atoms with Crippen LogP contribution in [-0.4, -0.2) is 19.6 Å². The zero-order valence-electron chi connectivity index (χ0n) is 6.41. The number of hydrogen-bond donors (Lipinski definition) is 2. The first-order chi connectivity index (χ1) is 4.27. The van der Waals surface area contributed by atoms with Crippen LogP contribution in [-0.2, 0) is 0 Å². The highest BCUT2D eigenvalue weighted by atomic mass is 14.9. The summed E-state index contributed by atoms with van der Waals surface area (Å²) in [6.07, 6.45) is 1.08. The molecule has 9 heavy (non-hydrogen) atoms. The second kappa shape index (κ2) is 6.05. The highest BCUT2D eigenvalue weighted by molar-refractivity contribution is 4.79. The zero-order valence-corrected chi connectivity index (χ0v) is 6.41. The average Bonchev–Trinajstić information content (AvgIpc) is 1.80. The van der Waals surface area contributed by atoms with E-state index in [4.69, 9.17) is 5.73 Å². The molecule has 2 nitrogen and oxygen atoms in total. The van der Waals surface area contributed by atoms with Gasteiger partial charge in [-0.05, 0) is 25.4 Å². The third kappa shape index (κ3) is 7.92. The zero-order chi connectivity index (χ0) is 7.11. The van der Waals surface area contributed by atoms with E-state index in [1.807, 2.05) is 0 Å². The topological polar surface area (TPSA) is 38.0 Å². The third-order valence-electron chi connectivity index (χ3n) is 1.04. The molecule has 0 amide bonds. The van der Waals surface area contributed by atoms with Gasteiger partial charge in [0.1, 0.15) is 0 Å². The van der Waals surface area contributed by atoms with E-state index >= 15 is 0 Å². The van der Waals surface area contributed by atoms with Crippen LogP contribution in [0.2, 0.25) is 0 Å². The Hall–Kier alpha value is -0.0800. The van der Waals surface area contributed by atoms with Crippen molar-refractivity contribution in [1.82, 2.24) is 5.32 Å². The van der Waals surface area contributed by atoms with Gasteiger partial charge >= 0.3 is 0 Å². The first-order valence-corrected chi connectivity index (χ1v) is 3.47. The molecule has 0 fully saturated rings. The molecule has 55 valence electrons. The van der Waals surface area contributed by atoms with E-state index < -0.39 is 0 Å². The Morgan fingerprint density at radius 3 is 2.56 bits per heavy atom. The number of hydrogen-bond acceptors (Lipinski definition) is 2. The molecule has 0 unspecified atom stereocenters. The fraction of sp³-hybridized carbons (Fsp3) is 0.857. The minimum Gasteiger partial charge on any atom is -0.330 e. The van der Waals surface area contributed by atoms with Gasteiger partial charge in [0.25, 0.3) is 0 Å². The minimum absolute atomic E-state index is 0.787. The largest absolute Gasteiger partial charge is 0.330 e. The van der Waals surface area contributed by atoms with Gasteiger partial charge in [0.15, 0.2) is 0 Å². The Morgan fingerprint density at radius 1 is 1.44 bits per heavy atom. The Kier molecular flexibility index (Phi) is 5.99. The van der Waals surface area contributed by atoms with E-state index in [0.717, 1.165) is 26.1 Å². The average molecular weight is 129 g/mol. The number of rotatable bonds is 5. The molecule has 3 N–H and O–H groups in total. The lowest BCUT2D eigenvalue weighted by atomic mass is 10.2. The van der Waals surface area contributed by atoms with Gasteiger partial charge in [-0.2, -0.15) is 0 Å². The van der Waals surface area contributed by atoms with Gasteiger partial charge < -0.3 is 11.1 Å². The summed E-state index contributed by atoms with van der Waals surface area (Å²) in [6.45, 7) is 7.10. The summed E-state index contributed by atoms with van der Waals surface area (Å²) < 4.78 is 0. The van der Waals surface area contributed by atoms with E-state index in [-0.39, 0.29) is 0 Å². The van der Waals surface area contributed by atoms with Crippen molar-refractivity contribution in [3.8, 4) is 0 Å². The van der Waals surface area contributed by atoms with Gasteiger partial charge in [0.2, 0.25) is 0 Å². The lowest BCUT2D eigenvalue weighted by molar-refractivity contribution is 0.661. The fourth-order valence-electron chi connectivity index (χ4n) is 0.565. The molecule has 0 aromatic rings. The van der Waals surface area contributed by atoms with E-state index in [9.17, 15) is 0 Å². The van der Waals surface area contributed by atoms with Crippen molar-refractivity contribution in [2.45, 2.75) is 20.3 Å². The maximum absolute atomic E-state index is 5.30. The lowest BCUT2D eigenvalue weighted by Gasteiger charge is -2.04. The predicted molar refractivity (Wildman–Crippen MR) is 41.1 cm³/mol. The standard InChI is InChI=1S/C7H17N2/c1-7(2)6-9-5-3-4-8/h9H,3-6,8H2,1-2H3. The van der Waals surface area contributed by atoms with Crippen LogP contribution in [0.25, 0.3) is 0 Å². The monoisotopic (exact) mass is 129 g/mol. The van der Waals surface area contributed by atoms with Crippen molar-refractivity contribution in [1.29, 1.82) is 0 Å². The molecule has 1 radical (unpaired) electrons. The molecule has 0 aliphatic carbocycles. The normalized spacial score (nSPS) is 10.7. The number of nitrogens with one attached hydrogen (secondary N) is 1. The summed E-state index contributed by atoms with van der Waals surface area (Å²) in [5.41, 5.74) is 5.30. The molecule has 0 saturated carbocycles. The van der Waals surface area contributed by atoms with Crippen LogP contribution in [0, 0.1) is 5.92 Å². The van der Waals surface area contributed by atoms with Crippen molar-refractivity contribution in [2.75, 3.05) is 19.6 Å². The molecule has 0 aromatic carbocycles. The maximum Gasteiger partial charge on any atom is 0.000812 e. The SMILES string of the molecule is C[C](C)CNCCCN. The van der Waals surface area contributed by atoms with Crippen LogP contribution < -0.4 is 11.1 Å². The number of nitrogens with two attached hydrogens (primary N) is 1. The van der Waals surface area contributed by atoms with Gasteiger partial charge in [-0.15, -0.1) is 0 Å². The summed E-state index contributed by atoms with van der Waals surface area (Å²) >= 11 is 0. The summed E-state index contributed by atoms with van der Waals surface area (Å²) in [4.78, 5) is 0. The molecule has 2 heteroatoms. The van der Waals surface area contributed by atoms with Crippen molar-refractivity contribution < 1.29 is 0 Å². The highest BCUT2D eigenvalue weighted by Gasteiger charge is 1.90. The van der Waals surface area contributed by atoms with Crippen LogP contribution in [0.3, 0.4) is 0 Å². The Balaban J connectivity index is 2.75. The van der Waals surface area contributed by atoms with Crippen LogP contribution in [0.5, 0.6) is 0 Å².